The summed E-state index contributed by atoms with van der Waals surface area (Å²) in [4.78, 5) is 0. The van der Waals surface area contributed by atoms with Gasteiger partial charge in [-0.2, -0.15) is 10.5 Å². The number of nitrogens with zero attached hydrogens (tertiary/aromatic N) is 2. The molecule has 0 aliphatic heterocycles. The number of hydrogen-bond donors (Lipinski definition) is 0. The van der Waals surface area contributed by atoms with Gasteiger partial charge >= 0.3 is 0 Å². The first kappa shape index (κ1) is 5.98. The van der Waals surface area contributed by atoms with Crippen LogP contribution in [0.2, 0.25) is 0 Å². The van der Waals surface area contributed by atoms with E-state index in [1.54, 1.807) is 13.0 Å². The Hall–Kier alpha value is -1.02. The molecule has 0 bridgehead atoms. The molecule has 1 unspecified atom stereocenters. The van der Waals surface area contributed by atoms with Gasteiger partial charge in [-0.3, -0.25) is 0 Å². The van der Waals surface area contributed by atoms with Crippen LogP contribution in [0.5, 0.6) is 0 Å². The second kappa shape index (κ2) is 3.18. The summed E-state index contributed by atoms with van der Waals surface area (Å²) in [5.41, 5.74) is 0. The first-order chi connectivity index (χ1) is 3.31. The van der Waals surface area contributed by atoms with Gasteiger partial charge in [0.05, 0.1) is 24.5 Å². The van der Waals surface area contributed by atoms with E-state index in [9.17, 15) is 0 Å². The molecule has 0 amide bonds. The molecule has 0 heterocycles. The van der Waals surface area contributed by atoms with Crippen molar-refractivity contribution < 1.29 is 0 Å². The predicted molar refractivity (Wildman–Crippen MR) is 24.7 cm³/mol. The highest BCUT2D eigenvalue weighted by Gasteiger charge is 1.94. The molecule has 0 saturated carbocycles. The minimum Gasteiger partial charge on any atom is -0.198 e. The predicted octanol–water partition coefficient (Wildman–Crippen LogP) is 0.874. The Labute approximate surface area is 43.0 Å². The summed E-state index contributed by atoms with van der Waals surface area (Å²) in [6.07, 6.45) is 1.29. The third-order valence-electron chi connectivity index (χ3n) is 0.528. The van der Waals surface area contributed by atoms with E-state index in [1.807, 2.05) is 6.07 Å². The molecule has 0 aromatic carbocycles. The average molecular weight is 93.1 g/mol. The molecule has 0 rings (SSSR count). The molecule has 7 heavy (non-hydrogen) atoms. The van der Waals surface area contributed by atoms with Gasteiger partial charge < -0.3 is 0 Å². The van der Waals surface area contributed by atoms with Crippen LogP contribution in [0.3, 0.4) is 0 Å². The highest BCUT2D eigenvalue weighted by Crippen LogP contribution is 1.93. The SMILES string of the molecule is CC(C#N)[CH]C#N. The fourth-order valence-electron chi connectivity index (χ4n) is 0.149. The zero-order valence-corrected chi connectivity index (χ0v) is 4.05. The van der Waals surface area contributed by atoms with Gasteiger partial charge in [0.15, 0.2) is 0 Å². The summed E-state index contributed by atoms with van der Waals surface area (Å²) in [6, 6.07) is 3.66. The normalized spacial score (nSPS) is 11.3. The van der Waals surface area contributed by atoms with E-state index < -0.39 is 0 Å². The Balaban J connectivity index is 3.27. The molecular formula is C5H5N2. The lowest BCUT2D eigenvalue weighted by atomic mass is 10.1. The molecule has 2 nitrogen and oxygen atoms in total. The van der Waals surface area contributed by atoms with Crippen molar-refractivity contribution in [2.45, 2.75) is 6.92 Å². The fraction of sp³-hybridized carbons (Fsp3) is 0.400. The Morgan fingerprint density at radius 1 is 1.57 bits per heavy atom. The zero-order valence-electron chi connectivity index (χ0n) is 4.05. The monoisotopic (exact) mass is 93.0 g/mol. The molecule has 0 fully saturated rings. The number of rotatable bonds is 1. The van der Waals surface area contributed by atoms with Gasteiger partial charge in [-0.1, -0.05) is 0 Å². The first-order valence-electron chi connectivity index (χ1n) is 1.94. The molecule has 0 spiro atoms. The standard InChI is InChI=1S/C5H5N2/c1-5(4-7)2-3-6/h2,5H,1H3. The van der Waals surface area contributed by atoms with E-state index >= 15 is 0 Å². The second-order valence-electron chi connectivity index (χ2n) is 1.21. The van der Waals surface area contributed by atoms with Crippen molar-refractivity contribution in [3.63, 3.8) is 0 Å². The first-order valence-corrected chi connectivity index (χ1v) is 1.94. The van der Waals surface area contributed by atoms with Crippen molar-refractivity contribution in [1.82, 2.24) is 0 Å². The van der Waals surface area contributed by atoms with Crippen molar-refractivity contribution in [3.8, 4) is 12.1 Å². The molecular weight excluding hydrogens is 88.1 g/mol. The van der Waals surface area contributed by atoms with Crippen molar-refractivity contribution in [2.24, 2.45) is 5.92 Å². The van der Waals surface area contributed by atoms with Crippen LogP contribution in [-0.2, 0) is 0 Å². The highest BCUT2D eigenvalue weighted by atomic mass is 14.3. The lowest BCUT2D eigenvalue weighted by Gasteiger charge is -1.84. The lowest BCUT2D eigenvalue weighted by Crippen LogP contribution is -1.85. The Morgan fingerprint density at radius 2 is 2.14 bits per heavy atom. The summed E-state index contributed by atoms with van der Waals surface area (Å²) < 4.78 is 0. The smallest absolute Gasteiger partial charge is 0.0789 e. The molecule has 0 aliphatic rings. The fourth-order valence-corrected chi connectivity index (χ4v) is 0.149. The quantitative estimate of drug-likeness (QED) is 0.483. The summed E-state index contributed by atoms with van der Waals surface area (Å²) >= 11 is 0. The van der Waals surface area contributed by atoms with E-state index in [0.29, 0.717) is 0 Å². The topological polar surface area (TPSA) is 47.6 Å². The summed E-state index contributed by atoms with van der Waals surface area (Å²) in [5, 5.41) is 15.9. The van der Waals surface area contributed by atoms with Crippen molar-refractivity contribution >= 4 is 0 Å². The number of nitriles is 2. The van der Waals surface area contributed by atoms with Gasteiger partial charge in [0.25, 0.3) is 0 Å². The molecule has 0 saturated heterocycles. The van der Waals surface area contributed by atoms with Crippen LogP contribution in [0.15, 0.2) is 0 Å². The third-order valence-corrected chi connectivity index (χ3v) is 0.528. The van der Waals surface area contributed by atoms with E-state index in [4.69, 9.17) is 10.5 Å². The van der Waals surface area contributed by atoms with Gasteiger partial charge in [0.1, 0.15) is 0 Å². The van der Waals surface area contributed by atoms with Crippen LogP contribution in [0.4, 0.5) is 0 Å². The average Bonchev–Trinajstić information content (AvgIpc) is 1.68. The zero-order chi connectivity index (χ0) is 5.70. The Morgan fingerprint density at radius 3 is 2.29 bits per heavy atom. The van der Waals surface area contributed by atoms with Crippen LogP contribution < -0.4 is 0 Å². The van der Waals surface area contributed by atoms with Crippen LogP contribution in [-0.4, -0.2) is 0 Å². The third kappa shape index (κ3) is 2.79. The van der Waals surface area contributed by atoms with Gasteiger partial charge in [-0.15, -0.1) is 0 Å². The second-order valence-corrected chi connectivity index (χ2v) is 1.21. The minimum absolute atomic E-state index is 0.231. The van der Waals surface area contributed by atoms with E-state index in [0.717, 1.165) is 0 Å². The van der Waals surface area contributed by atoms with Gasteiger partial charge in [-0.25, -0.2) is 0 Å². The van der Waals surface area contributed by atoms with Crippen LogP contribution in [0.1, 0.15) is 6.92 Å². The van der Waals surface area contributed by atoms with Gasteiger partial charge in [-0.05, 0) is 6.92 Å². The van der Waals surface area contributed by atoms with Crippen molar-refractivity contribution in [2.75, 3.05) is 0 Å². The van der Waals surface area contributed by atoms with E-state index in [-0.39, 0.29) is 5.92 Å². The molecule has 0 N–H and O–H groups in total. The van der Waals surface area contributed by atoms with E-state index in [2.05, 4.69) is 0 Å². The largest absolute Gasteiger partial charge is 0.198 e. The van der Waals surface area contributed by atoms with Gasteiger partial charge in [0.2, 0.25) is 0 Å². The maximum atomic E-state index is 8.03. The van der Waals surface area contributed by atoms with Crippen LogP contribution in [0, 0.1) is 35.0 Å². The summed E-state index contributed by atoms with van der Waals surface area (Å²) in [7, 11) is 0. The molecule has 0 aromatic heterocycles. The van der Waals surface area contributed by atoms with E-state index in [1.165, 1.54) is 6.42 Å². The molecule has 2 heteroatoms. The maximum Gasteiger partial charge on any atom is 0.0789 e. The minimum atomic E-state index is -0.231. The highest BCUT2D eigenvalue weighted by molar-refractivity contribution is 5.03. The molecule has 0 aliphatic carbocycles. The molecule has 0 aromatic rings. The summed E-state index contributed by atoms with van der Waals surface area (Å²) in [6.45, 7) is 1.67. The Kier molecular flexibility index (Phi) is 2.72. The molecule has 1 atom stereocenters. The van der Waals surface area contributed by atoms with Gasteiger partial charge in [0, 0.05) is 0 Å². The molecule has 35 valence electrons. The Bertz CT molecular complexity index is 115. The maximum absolute atomic E-state index is 8.03. The lowest BCUT2D eigenvalue weighted by molar-refractivity contribution is 0.906. The molecule has 1 radical (unpaired) electrons. The van der Waals surface area contributed by atoms with Crippen molar-refractivity contribution in [3.05, 3.63) is 6.42 Å². The van der Waals surface area contributed by atoms with Crippen LogP contribution in [0.25, 0.3) is 0 Å². The number of hydrogen-bond acceptors (Lipinski definition) is 2. The summed E-state index contributed by atoms with van der Waals surface area (Å²) in [5.74, 6) is -0.231. The van der Waals surface area contributed by atoms with Crippen LogP contribution >= 0.6 is 0 Å². The van der Waals surface area contributed by atoms with Crippen molar-refractivity contribution in [1.29, 1.82) is 10.5 Å².